The van der Waals surface area contributed by atoms with E-state index in [1.54, 1.807) is 0 Å². The Balaban J connectivity index is 2.10. The number of allylic oxidation sites excluding steroid dienone is 5. The normalized spacial score (nSPS) is 32.5. The molecular weight excluding hydrogens is 182 g/mol. The Morgan fingerprint density at radius 3 is 3.07 bits per heavy atom. The zero-order valence-electron chi connectivity index (χ0n) is 8.98. The van der Waals surface area contributed by atoms with Crippen molar-refractivity contribution in [3.05, 3.63) is 47.6 Å². The molecule has 76 valence electrons. The molecule has 3 aliphatic rings. The molecule has 0 N–H and O–H groups in total. The van der Waals surface area contributed by atoms with E-state index in [9.17, 15) is 0 Å². The lowest BCUT2D eigenvalue weighted by molar-refractivity contribution is 0.635. The van der Waals surface area contributed by atoms with Crippen molar-refractivity contribution in [3.8, 4) is 0 Å². The van der Waals surface area contributed by atoms with Crippen molar-refractivity contribution in [1.29, 1.82) is 0 Å². The fraction of sp³-hybridized carbons (Fsp3) is 0.357. The number of dihydropyridines is 1. The van der Waals surface area contributed by atoms with Gasteiger partial charge in [0.05, 0.1) is 6.04 Å². The van der Waals surface area contributed by atoms with Crippen LogP contribution in [0.2, 0.25) is 0 Å². The number of hydrogen-bond donors (Lipinski definition) is 0. The summed E-state index contributed by atoms with van der Waals surface area (Å²) in [6.45, 7) is 2.25. The minimum atomic E-state index is 0.361. The Morgan fingerprint density at radius 2 is 2.13 bits per heavy atom. The molecule has 0 radical (unpaired) electrons. The summed E-state index contributed by atoms with van der Waals surface area (Å²) in [4.78, 5) is 4.85. The average Bonchev–Trinajstić information content (AvgIpc) is 2.30. The second-order valence-electron chi connectivity index (χ2n) is 4.40. The largest absolute Gasteiger partial charge is 0.281 e. The fourth-order valence-corrected chi connectivity index (χ4v) is 2.62. The number of hydrogen-bond acceptors (Lipinski definition) is 1. The van der Waals surface area contributed by atoms with Gasteiger partial charge >= 0.3 is 0 Å². The second-order valence-corrected chi connectivity index (χ2v) is 4.40. The summed E-state index contributed by atoms with van der Waals surface area (Å²) in [5, 5.41) is 0. The quantitative estimate of drug-likeness (QED) is 0.565. The topological polar surface area (TPSA) is 12.4 Å². The van der Waals surface area contributed by atoms with E-state index in [4.69, 9.17) is 4.99 Å². The summed E-state index contributed by atoms with van der Waals surface area (Å²) in [6, 6.07) is 0.361. The zero-order chi connectivity index (χ0) is 10.3. The minimum absolute atomic E-state index is 0.361. The molecule has 1 aliphatic heterocycles. The lowest BCUT2D eigenvalue weighted by Gasteiger charge is -2.31. The van der Waals surface area contributed by atoms with E-state index >= 15 is 0 Å². The Morgan fingerprint density at radius 1 is 1.27 bits per heavy atom. The molecule has 2 atom stereocenters. The van der Waals surface area contributed by atoms with E-state index in [-0.39, 0.29) is 0 Å². The van der Waals surface area contributed by atoms with E-state index in [2.05, 4.69) is 43.4 Å². The maximum absolute atomic E-state index is 4.85. The Kier molecular flexibility index (Phi) is 1.98. The van der Waals surface area contributed by atoms with Crippen LogP contribution in [-0.4, -0.2) is 11.8 Å². The fourth-order valence-electron chi connectivity index (χ4n) is 2.62. The molecule has 1 nitrogen and oxygen atoms in total. The van der Waals surface area contributed by atoms with Crippen LogP contribution in [0.5, 0.6) is 0 Å². The van der Waals surface area contributed by atoms with Gasteiger partial charge in [-0.25, -0.2) is 0 Å². The van der Waals surface area contributed by atoms with Gasteiger partial charge in [0.25, 0.3) is 0 Å². The van der Waals surface area contributed by atoms with Gasteiger partial charge in [-0.15, -0.1) is 0 Å². The summed E-state index contributed by atoms with van der Waals surface area (Å²) in [7, 11) is 0. The predicted molar refractivity (Wildman–Crippen MR) is 64.1 cm³/mol. The van der Waals surface area contributed by atoms with Crippen LogP contribution >= 0.6 is 0 Å². The molecule has 0 saturated heterocycles. The van der Waals surface area contributed by atoms with Gasteiger partial charge in [-0.2, -0.15) is 0 Å². The van der Waals surface area contributed by atoms with Gasteiger partial charge in [-0.05, 0) is 25.3 Å². The minimum Gasteiger partial charge on any atom is -0.281 e. The highest BCUT2D eigenvalue weighted by Gasteiger charge is 2.28. The molecule has 0 spiro atoms. The van der Waals surface area contributed by atoms with E-state index < -0.39 is 0 Å². The molecule has 0 saturated carbocycles. The van der Waals surface area contributed by atoms with E-state index in [0.29, 0.717) is 12.0 Å². The third kappa shape index (κ3) is 1.34. The number of rotatable bonds is 0. The molecule has 0 fully saturated rings. The highest BCUT2D eigenvalue weighted by atomic mass is 14.8. The van der Waals surface area contributed by atoms with Gasteiger partial charge in [-0.3, -0.25) is 4.99 Å². The van der Waals surface area contributed by atoms with Crippen LogP contribution in [0.4, 0.5) is 0 Å². The van der Waals surface area contributed by atoms with E-state index in [0.717, 1.165) is 12.8 Å². The molecule has 1 heterocycles. The monoisotopic (exact) mass is 197 g/mol. The molecule has 0 amide bonds. The lowest BCUT2D eigenvalue weighted by atomic mass is 9.80. The Hall–Kier alpha value is -1.37. The first-order valence-corrected chi connectivity index (χ1v) is 5.65. The smallest absolute Gasteiger partial charge is 0.0786 e. The average molecular weight is 197 g/mol. The summed E-state index contributed by atoms with van der Waals surface area (Å²) in [5.74, 6) is 0.497. The SMILES string of the molecule is CC1=C2C=CCCC2=NC2C=CC=CC12. The molecule has 0 aromatic carbocycles. The van der Waals surface area contributed by atoms with Crippen molar-refractivity contribution in [2.45, 2.75) is 25.8 Å². The third-order valence-corrected chi connectivity index (χ3v) is 3.48. The van der Waals surface area contributed by atoms with Gasteiger partial charge in [-0.1, -0.05) is 42.0 Å². The maximum atomic E-state index is 4.85. The molecule has 15 heavy (non-hydrogen) atoms. The Labute approximate surface area is 90.6 Å². The van der Waals surface area contributed by atoms with Crippen molar-refractivity contribution < 1.29 is 0 Å². The first kappa shape index (κ1) is 8.90. The predicted octanol–water partition coefficient (Wildman–Crippen LogP) is 3.22. The zero-order valence-corrected chi connectivity index (χ0v) is 8.98. The highest BCUT2D eigenvalue weighted by molar-refractivity contribution is 6.05. The van der Waals surface area contributed by atoms with Crippen LogP contribution < -0.4 is 0 Å². The standard InChI is InChI=1S/C14H15N/c1-10-11-6-2-4-8-13(11)15-14-9-5-3-7-12(10)14/h2-4,6-8,11,13H,5,9H2,1H3. The van der Waals surface area contributed by atoms with Crippen molar-refractivity contribution in [1.82, 2.24) is 0 Å². The van der Waals surface area contributed by atoms with Gasteiger partial charge in [0, 0.05) is 11.6 Å². The summed E-state index contributed by atoms with van der Waals surface area (Å²) in [5.41, 5.74) is 4.19. The maximum Gasteiger partial charge on any atom is 0.0786 e. The first-order chi connectivity index (χ1) is 7.36. The summed E-state index contributed by atoms with van der Waals surface area (Å²) in [6.07, 6.45) is 15.5. The number of aliphatic imine (C=N–C) groups is 1. The highest BCUT2D eigenvalue weighted by Crippen LogP contribution is 2.33. The van der Waals surface area contributed by atoms with Gasteiger partial charge in [0.2, 0.25) is 0 Å². The van der Waals surface area contributed by atoms with Crippen LogP contribution in [0.3, 0.4) is 0 Å². The Bertz CT molecular complexity index is 432. The van der Waals surface area contributed by atoms with Crippen LogP contribution in [0, 0.1) is 5.92 Å². The first-order valence-electron chi connectivity index (χ1n) is 5.65. The molecular formula is C14H15N. The van der Waals surface area contributed by atoms with Gasteiger partial charge < -0.3 is 0 Å². The molecule has 0 aromatic rings. The number of nitrogens with zero attached hydrogens (tertiary/aromatic N) is 1. The number of fused-ring (bicyclic) bond motifs is 2. The third-order valence-electron chi connectivity index (χ3n) is 3.48. The molecule has 3 rings (SSSR count). The van der Waals surface area contributed by atoms with E-state index in [1.807, 2.05) is 0 Å². The van der Waals surface area contributed by atoms with Crippen molar-refractivity contribution in [3.63, 3.8) is 0 Å². The molecule has 2 aliphatic carbocycles. The van der Waals surface area contributed by atoms with Crippen molar-refractivity contribution in [2.24, 2.45) is 10.9 Å². The summed E-state index contributed by atoms with van der Waals surface area (Å²) < 4.78 is 0. The van der Waals surface area contributed by atoms with Crippen LogP contribution in [0.25, 0.3) is 0 Å². The second kappa shape index (κ2) is 3.34. The van der Waals surface area contributed by atoms with Gasteiger partial charge in [0.15, 0.2) is 0 Å². The van der Waals surface area contributed by atoms with Crippen LogP contribution in [0.1, 0.15) is 19.8 Å². The molecule has 0 aromatic heterocycles. The molecule has 1 heteroatoms. The van der Waals surface area contributed by atoms with Crippen LogP contribution in [0.15, 0.2) is 52.6 Å². The molecule has 2 unspecified atom stereocenters. The van der Waals surface area contributed by atoms with E-state index in [1.165, 1.54) is 16.9 Å². The molecule has 0 bridgehead atoms. The lowest BCUT2D eigenvalue weighted by Crippen LogP contribution is -2.27. The van der Waals surface area contributed by atoms with Crippen LogP contribution in [-0.2, 0) is 0 Å². The summed E-state index contributed by atoms with van der Waals surface area (Å²) >= 11 is 0. The van der Waals surface area contributed by atoms with Gasteiger partial charge in [0.1, 0.15) is 0 Å². The van der Waals surface area contributed by atoms with Crippen molar-refractivity contribution >= 4 is 5.71 Å². The van der Waals surface area contributed by atoms with Crippen molar-refractivity contribution in [2.75, 3.05) is 0 Å².